The van der Waals surface area contributed by atoms with Gasteiger partial charge in [0, 0.05) is 11.6 Å². The Kier molecular flexibility index (Phi) is 3.47. The van der Waals surface area contributed by atoms with Crippen molar-refractivity contribution in [1.29, 1.82) is 0 Å². The van der Waals surface area contributed by atoms with Crippen molar-refractivity contribution in [3.8, 4) is 0 Å². The predicted octanol–water partition coefficient (Wildman–Crippen LogP) is -1.88. The molecular formula is C7H10BrN. The molecule has 0 atom stereocenters. The van der Waals surface area contributed by atoms with Crippen LogP contribution in [0.2, 0.25) is 0 Å². The topological polar surface area (TPSA) is 14.1 Å². The third kappa shape index (κ3) is 2.14. The number of nitrogens with one attached hydrogen (secondary N) is 1. The summed E-state index contributed by atoms with van der Waals surface area (Å²) in [5.74, 6) is 0. The number of pyridine rings is 1. The van der Waals surface area contributed by atoms with Gasteiger partial charge in [-0.05, 0) is 19.4 Å². The first-order chi connectivity index (χ1) is 3.80. The van der Waals surface area contributed by atoms with Crippen molar-refractivity contribution in [1.82, 2.24) is 0 Å². The standard InChI is InChI=1S/C7H9N.BrH/c1-6-3-4-8-5-7(6)2;/h3-5H,1-2H3;1H. The van der Waals surface area contributed by atoms with Crippen LogP contribution < -0.4 is 22.0 Å². The lowest BCUT2D eigenvalue weighted by atomic mass is 10.2. The van der Waals surface area contributed by atoms with E-state index in [0.29, 0.717) is 0 Å². The molecule has 2 heteroatoms. The van der Waals surface area contributed by atoms with Crippen molar-refractivity contribution in [2.75, 3.05) is 0 Å². The Morgan fingerprint density at radius 3 is 2.22 bits per heavy atom. The van der Waals surface area contributed by atoms with Crippen LogP contribution in [-0.2, 0) is 0 Å². The first-order valence-electron chi connectivity index (χ1n) is 2.74. The number of H-pyrrole nitrogens is 1. The molecule has 0 aliphatic rings. The third-order valence-electron chi connectivity index (χ3n) is 1.35. The van der Waals surface area contributed by atoms with Gasteiger partial charge in [-0.3, -0.25) is 0 Å². The molecule has 0 saturated heterocycles. The lowest BCUT2D eigenvalue weighted by molar-refractivity contribution is -0.378. The summed E-state index contributed by atoms with van der Waals surface area (Å²) in [5.41, 5.74) is 2.65. The van der Waals surface area contributed by atoms with Crippen LogP contribution >= 0.6 is 0 Å². The van der Waals surface area contributed by atoms with E-state index in [9.17, 15) is 0 Å². The minimum absolute atomic E-state index is 0. The highest BCUT2D eigenvalue weighted by Gasteiger charge is 1.89. The minimum atomic E-state index is 0. The molecule has 0 fully saturated rings. The fourth-order valence-electron chi connectivity index (χ4n) is 0.592. The van der Waals surface area contributed by atoms with Gasteiger partial charge in [-0.15, -0.1) is 0 Å². The zero-order chi connectivity index (χ0) is 5.98. The fourth-order valence-corrected chi connectivity index (χ4v) is 0.592. The summed E-state index contributed by atoms with van der Waals surface area (Å²) < 4.78 is 0. The maximum absolute atomic E-state index is 3.00. The normalized spacial score (nSPS) is 8.22. The molecule has 1 aromatic heterocycles. The molecule has 0 unspecified atom stereocenters. The second-order valence-corrected chi connectivity index (χ2v) is 2.01. The van der Waals surface area contributed by atoms with Crippen LogP contribution in [0.5, 0.6) is 0 Å². The summed E-state index contributed by atoms with van der Waals surface area (Å²) in [7, 11) is 0. The molecule has 0 bridgehead atoms. The van der Waals surface area contributed by atoms with E-state index in [1.807, 2.05) is 12.4 Å². The van der Waals surface area contributed by atoms with E-state index in [1.54, 1.807) is 0 Å². The average Bonchev–Trinajstić information content (AvgIpc) is 1.77. The molecule has 0 saturated carbocycles. The first-order valence-corrected chi connectivity index (χ1v) is 2.74. The van der Waals surface area contributed by atoms with Crippen LogP contribution in [0.4, 0.5) is 0 Å². The third-order valence-corrected chi connectivity index (χ3v) is 1.35. The number of aromatic amines is 1. The first kappa shape index (κ1) is 8.63. The van der Waals surface area contributed by atoms with E-state index in [-0.39, 0.29) is 17.0 Å². The second-order valence-electron chi connectivity index (χ2n) is 2.01. The van der Waals surface area contributed by atoms with Crippen LogP contribution in [0.3, 0.4) is 0 Å². The van der Waals surface area contributed by atoms with E-state index in [2.05, 4.69) is 24.9 Å². The lowest BCUT2D eigenvalue weighted by Crippen LogP contribution is -3.00. The summed E-state index contributed by atoms with van der Waals surface area (Å²) in [4.78, 5) is 3.00. The van der Waals surface area contributed by atoms with Gasteiger partial charge in [0.2, 0.25) is 0 Å². The summed E-state index contributed by atoms with van der Waals surface area (Å²) in [6, 6.07) is 2.06. The molecule has 1 nitrogen and oxygen atoms in total. The van der Waals surface area contributed by atoms with Crippen molar-refractivity contribution in [2.45, 2.75) is 13.8 Å². The van der Waals surface area contributed by atoms with Gasteiger partial charge >= 0.3 is 0 Å². The Morgan fingerprint density at radius 2 is 1.89 bits per heavy atom. The number of rotatable bonds is 0. The summed E-state index contributed by atoms with van der Waals surface area (Å²) in [6.45, 7) is 4.19. The molecule has 0 aliphatic heterocycles. The summed E-state index contributed by atoms with van der Waals surface area (Å²) in [5, 5.41) is 0. The minimum Gasteiger partial charge on any atom is -1.00 e. The zero-order valence-electron chi connectivity index (χ0n) is 5.61. The molecule has 0 aromatic carbocycles. The molecule has 1 rings (SSSR count). The van der Waals surface area contributed by atoms with Crippen LogP contribution in [0, 0.1) is 13.8 Å². The van der Waals surface area contributed by atoms with Crippen LogP contribution in [0.1, 0.15) is 11.1 Å². The Bertz CT molecular complexity index is 165. The Labute approximate surface area is 65.9 Å². The number of aromatic nitrogens is 1. The van der Waals surface area contributed by atoms with Crippen LogP contribution in [0.15, 0.2) is 18.5 Å². The Hall–Kier alpha value is -0.370. The maximum Gasteiger partial charge on any atom is 0.170 e. The molecule has 1 N–H and O–H groups in total. The highest BCUT2D eigenvalue weighted by Crippen LogP contribution is 1.97. The smallest absolute Gasteiger partial charge is 0.170 e. The summed E-state index contributed by atoms with van der Waals surface area (Å²) in [6.07, 6.45) is 3.93. The number of hydrogen-bond acceptors (Lipinski definition) is 0. The summed E-state index contributed by atoms with van der Waals surface area (Å²) >= 11 is 0. The van der Waals surface area contributed by atoms with Gasteiger partial charge < -0.3 is 17.0 Å². The van der Waals surface area contributed by atoms with Crippen LogP contribution in [-0.4, -0.2) is 0 Å². The molecule has 50 valence electrons. The zero-order valence-corrected chi connectivity index (χ0v) is 7.20. The molecular weight excluding hydrogens is 178 g/mol. The Balaban J connectivity index is 0.000000640. The van der Waals surface area contributed by atoms with Crippen molar-refractivity contribution in [3.63, 3.8) is 0 Å². The highest BCUT2D eigenvalue weighted by molar-refractivity contribution is 5.16. The van der Waals surface area contributed by atoms with Gasteiger partial charge in [-0.25, -0.2) is 4.98 Å². The Morgan fingerprint density at radius 1 is 1.22 bits per heavy atom. The maximum atomic E-state index is 3.00. The van der Waals surface area contributed by atoms with Gasteiger partial charge in [0.05, 0.1) is 0 Å². The van der Waals surface area contributed by atoms with E-state index < -0.39 is 0 Å². The molecule has 1 heterocycles. The molecule has 0 radical (unpaired) electrons. The van der Waals surface area contributed by atoms with Crippen molar-refractivity contribution < 1.29 is 22.0 Å². The van der Waals surface area contributed by atoms with Crippen molar-refractivity contribution in [2.24, 2.45) is 0 Å². The average molecular weight is 188 g/mol. The quantitative estimate of drug-likeness (QED) is 0.452. The van der Waals surface area contributed by atoms with Gasteiger partial charge in [0.15, 0.2) is 12.4 Å². The van der Waals surface area contributed by atoms with Gasteiger partial charge in [0.1, 0.15) is 0 Å². The highest BCUT2D eigenvalue weighted by atomic mass is 79.9. The van der Waals surface area contributed by atoms with E-state index in [1.165, 1.54) is 11.1 Å². The van der Waals surface area contributed by atoms with Crippen molar-refractivity contribution >= 4 is 0 Å². The second kappa shape index (κ2) is 3.62. The van der Waals surface area contributed by atoms with Gasteiger partial charge in [-0.1, -0.05) is 0 Å². The largest absolute Gasteiger partial charge is 1.00 e. The van der Waals surface area contributed by atoms with E-state index in [0.717, 1.165) is 0 Å². The van der Waals surface area contributed by atoms with Gasteiger partial charge in [0.25, 0.3) is 0 Å². The SMILES string of the molecule is Cc1cc[nH+]cc1C.[Br-]. The van der Waals surface area contributed by atoms with Gasteiger partial charge in [-0.2, -0.15) is 0 Å². The monoisotopic (exact) mass is 187 g/mol. The van der Waals surface area contributed by atoms with Crippen LogP contribution in [0.25, 0.3) is 0 Å². The predicted molar refractivity (Wildman–Crippen MR) is 32.5 cm³/mol. The fraction of sp³-hybridized carbons (Fsp3) is 0.286. The molecule has 0 amide bonds. The lowest BCUT2D eigenvalue weighted by Gasteiger charge is -1.88. The molecule has 0 aliphatic carbocycles. The molecule has 0 spiro atoms. The molecule has 1 aromatic rings. The van der Waals surface area contributed by atoms with E-state index >= 15 is 0 Å². The van der Waals surface area contributed by atoms with Crippen molar-refractivity contribution in [3.05, 3.63) is 29.6 Å². The molecule has 9 heavy (non-hydrogen) atoms. The number of aryl methyl sites for hydroxylation is 2. The van der Waals surface area contributed by atoms with E-state index in [4.69, 9.17) is 0 Å². The number of hydrogen-bond donors (Lipinski definition) is 0. The number of halogens is 1.